The normalized spacial score (nSPS) is 11.7. The lowest BCUT2D eigenvalue weighted by Gasteiger charge is -2.21. The Balaban J connectivity index is 2.31. The molecule has 0 fully saturated rings. The van der Waals surface area contributed by atoms with Gasteiger partial charge >= 0.3 is 0 Å². The number of nitrogens with zero attached hydrogens (tertiary/aromatic N) is 1. The number of aryl methyl sites for hydroxylation is 1. The predicted octanol–water partition coefficient (Wildman–Crippen LogP) is 3.62. The standard InChI is InChI=1S/C18H19NO2S/c1-14(2)18(20)19(13-16-7-5-4-6-8-16)22(21)17-11-9-15(3)10-12-17/h4-12H,1,13H2,2-3H3/t22-/m0/s1. The fourth-order valence-corrected chi connectivity index (χ4v) is 3.15. The number of rotatable bonds is 5. The molecule has 0 saturated heterocycles. The van der Waals surface area contributed by atoms with Crippen LogP contribution in [0.25, 0.3) is 0 Å². The maximum Gasteiger partial charge on any atom is 0.261 e. The zero-order valence-electron chi connectivity index (χ0n) is 12.8. The van der Waals surface area contributed by atoms with Gasteiger partial charge in [-0.1, -0.05) is 54.6 Å². The predicted molar refractivity (Wildman–Crippen MR) is 89.4 cm³/mol. The maximum absolute atomic E-state index is 12.8. The van der Waals surface area contributed by atoms with Crippen LogP contribution in [-0.2, 0) is 22.3 Å². The van der Waals surface area contributed by atoms with Gasteiger partial charge in [-0.2, -0.15) is 0 Å². The van der Waals surface area contributed by atoms with Crippen molar-refractivity contribution < 1.29 is 9.00 Å². The van der Waals surface area contributed by atoms with E-state index in [-0.39, 0.29) is 12.5 Å². The van der Waals surface area contributed by atoms with Gasteiger partial charge in [0.1, 0.15) is 0 Å². The summed E-state index contributed by atoms with van der Waals surface area (Å²) in [5.74, 6) is -0.303. The molecular formula is C18H19NO2S. The minimum absolute atomic E-state index is 0.285. The van der Waals surface area contributed by atoms with E-state index in [4.69, 9.17) is 0 Å². The average Bonchev–Trinajstić information content (AvgIpc) is 2.53. The Bertz CT molecular complexity index is 693. The Hall–Kier alpha value is -2.20. The van der Waals surface area contributed by atoms with Gasteiger partial charge < -0.3 is 0 Å². The SMILES string of the molecule is C=C(C)C(=O)N(Cc1ccccc1)[S@@](=O)c1ccc(C)cc1. The summed E-state index contributed by atoms with van der Waals surface area (Å²) in [4.78, 5) is 13.0. The summed E-state index contributed by atoms with van der Waals surface area (Å²) in [7, 11) is -1.56. The summed E-state index contributed by atoms with van der Waals surface area (Å²) in [5, 5.41) is 0. The van der Waals surface area contributed by atoms with Crippen molar-refractivity contribution in [1.29, 1.82) is 0 Å². The topological polar surface area (TPSA) is 37.4 Å². The second-order valence-electron chi connectivity index (χ2n) is 5.17. The molecule has 0 aliphatic rings. The molecule has 22 heavy (non-hydrogen) atoms. The molecule has 0 aromatic heterocycles. The van der Waals surface area contributed by atoms with Gasteiger partial charge in [0.2, 0.25) is 0 Å². The highest BCUT2D eigenvalue weighted by molar-refractivity contribution is 7.83. The lowest BCUT2D eigenvalue weighted by Crippen LogP contribution is -2.32. The lowest BCUT2D eigenvalue weighted by molar-refractivity contribution is -0.122. The largest absolute Gasteiger partial charge is 0.268 e. The highest BCUT2D eigenvalue weighted by atomic mass is 32.2. The van der Waals surface area contributed by atoms with E-state index < -0.39 is 11.0 Å². The zero-order chi connectivity index (χ0) is 16.1. The quantitative estimate of drug-likeness (QED) is 0.791. The fraction of sp³-hybridized carbons (Fsp3) is 0.167. The van der Waals surface area contributed by atoms with Crippen molar-refractivity contribution in [3.63, 3.8) is 0 Å². The average molecular weight is 313 g/mol. The Labute approximate surface area is 133 Å². The van der Waals surface area contributed by atoms with Crippen LogP contribution >= 0.6 is 0 Å². The number of benzene rings is 2. The zero-order valence-corrected chi connectivity index (χ0v) is 13.6. The molecule has 3 nitrogen and oxygen atoms in total. The van der Waals surface area contributed by atoms with E-state index in [9.17, 15) is 9.00 Å². The van der Waals surface area contributed by atoms with Gasteiger partial charge in [0, 0.05) is 5.57 Å². The summed E-state index contributed by atoms with van der Waals surface area (Å²) in [6, 6.07) is 16.9. The number of carbonyl (C=O) groups excluding carboxylic acids is 1. The molecule has 2 aromatic carbocycles. The highest BCUT2D eigenvalue weighted by Crippen LogP contribution is 2.17. The molecule has 1 amide bonds. The molecule has 0 N–H and O–H groups in total. The molecule has 0 unspecified atom stereocenters. The Morgan fingerprint density at radius 3 is 2.23 bits per heavy atom. The van der Waals surface area contributed by atoms with E-state index in [1.54, 1.807) is 19.1 Å². The summed E-state index contributed by atoms with van der Waals surface area (Å²) < 4.78 is 14.1. The van der Waals surface area contributed by atoms with Gasteiger partial charge in [0.05, 0.1) is 11.4 Å². The summed E-state index contributed by atoms with van der Waals surface area (Å²) in [6.45, 7) is 7.56. The van der Waals surface area contributed by atoms with Crippen molar-refractivity contribution in [2.45, 2.75) is 25.3 Å². The molecule has 0 radical (unpaired) electrons. The number of hydrogen-bond donors (Lipinski definition) is 0. The van der Waals surface area contributed by atoms with Gasteiger partial charge in [-0.15, -0.1) is 0 Å². The molecule has 2 rings (SSSR count). The van der Waals surface area contributed by atoms with E-state index in [0.717, 1.165) is 11.1 Å². The Kier molecular flexibility index (Phi) is 5.28. The number of hydrogen-bond acceptors (Lipinski definition) is 2. The Morgan fingerprint density at radius 1 is 1.09 bits per heavy atom. The van der Waals surface area contributed by atoms with Crippen LogP contribution in [0.2, 0.25) is 0 Å². The first-order chi connectivity index (χ1) is 10.5. The van der Waals surface area contributed by atoms with Crippen molar-refractivity contribution >= 4 is 16.9 Å². The van der Waals surface area contributed by atoms with Gasteiger partial charge in [-0.3, -0.25) is 4.79 Å². The third kappa shape index (κ3) is 3.92. The van der Waals surface area contributed by atoms with Crippen molar-refractivity contribution in [2.24, 2.45) is 0 Å². The first-order valence-electron chi connectivity index (χ1n) is 6.99. The summed E-state index contributed by atoms with van der Waals surface area (Å²) in [6.07, 6.45) is 0. The van der Waals surface area contributed by atoms with E-state index in [1.807, 2.05) is 49.4 Å². The monoisotopic (exact) mass is 313 g/mol. The van der Waals surface area contributed by atoms with Crippen molar-refractivity contribution in [3.8, 4) is 0 Å². The van der Waals surface area contributed by atoms with Crippen LogP contribution in [0.1, 0.15) is 18.1 Å². The van der Waals surface area contributed by atoms with Crippen LogP contribution < -0.4 is 0 Å². The maximum atomic E-state index is 12.8. The molecule has 114 valence electrons. The van der Waals surface area contributed by atoms with Crippen molar-refractivity contribution in [3.05, 3.63) is 77.9 Å². The second kappa shape index (κ2) is 7.18. The minimum Gasteiger partial charge on any atom is -0.268 e. The molecule has 0 spiro atoms. The van der Waals surface area contributed by atoms with Crippen LogP contribution in [0.15, 0.2) is 71.6 Å². The van der Waals surface area contributed by atoms with Crippen LogP contribution in [0.4, 0.5) is 0 Å². The van der Waals surface area contributed by atoms with Crippen LogP contribution in [0.5, 0.6) is 0 Å². The molecule has 0 bridgehead atoms. The molecule has 0 aliphatic carbocycles. The molecule has 0 heterocycles. The van der Waals surface area contributed by atoms with E-state index in [1.165, 1.54) is 4.31 Å². The van der Waals surface area contributed by atoms with Gasteiger partial charge in [0.15, 0.2) is 11.0 Å². The third-order valence-electron chi connectivity index (χ3n) is 3.18. The third-order valence-corrected chi connectivity index (χ3v) is 4.55. The summed E-state index contributed by atoms with van der Waals surface area (Å²) in [5.41, 5.74) is 2.38. The first-order valence-corrected chi connectivity index (χ1v) is 8.09. The lowest BCUT2D eigenvalue weighted by atomic mass is 10.2. The molecule has 1 atom stereocenters. The van der Waals surface area contributed by atoms with E-state index in [2.05, 4.69) is 6.58 Å². The fourth-order valence-electron chi connectivity index (χ4n) is 1.95. The van der Waals surface area contributed by atoms with E-state index >= 15 is 0 Å². The van der Waals surface area contributed by atoms with Crippen molar-refractivity contribution in [1.82, 2.24) is 4.31 Å². The second-order valence-corrected chi connectivity index (χ2v) is 6.58. The molecule has 4 heteroatoms. The smallest absolute Gasteiger partial charge is 0.261 e. The minimum atomic E-state index is -1.56. The summed E-state index contributed by atoms with van der Waals surface area (Å²) >= 11 is 0. The van der Waals surface area contributed by atoms with Crippen LogP contribution in [0.3, 0.4) is 0 Å². The first kappa shape index (κ1) is 16.2. The van der Waals surface area contributed by atoms with Gasteiger partial charge in [0.25, 0.3) is 5.91 Å². The molecule has 0 aliphatic heterocycles. The number of amides is 1. The molecule has 2 aromatic rings. The van der Waals surface area contributed by atoms with Gasteiger partial charge in [-0.05, 0) is 31.5 Å². The van der Waals surface area contributed by atoms with Crippen LogP contribution in [0, 0.1) is 6.92 Å². The highest BCUT2D eigenvalue weighted by Gasteiger charge is 2.22. The molecular weight excluding hydrogens is 294 g/mol. The van der Waals surface area contributed by atoms with Gasteiger partial charge in [-0.25, -0.2) is 8.51 Å². The van der Waals surface area contributed by atoms with E-state index in [0.29, 0.717) is 10.5 Å². The molecule has 0 saturated carbocycles. The van der Waals surface area contributed by atoms with Crippen molar-refractivity contribution in [2.75, 3.05) is 0 Å². The van der Waals surface area contributed by atoms with Crippen LogP contribution in [-0.4, -0.2) is 14.4 Å². The number of carbonyl (C=O) groups is 1. The Morgan fingerprint density at radius 2 is 1.68 bits per heavy atom.